The first-order chi connectivity index (χ1) is 5.56. The lowest BCUT2D eigenvalue weighted by atomic mass is 10.4. The topological polar surface area (TPSA) is 12.0 Å². The van der Waals surface area contributed by atoms with E-state index in [9.17, 15) is 0 Å². The van der Waals surface area contributed by atoms with Crippen LogP contribution in [0.2, 0.25) is 19.6 Å². The largest absolute Gasteiger partial charge is 0.316 e. The molecule has 0 fully saturated rings. The van der Waals surface area contributed by atoms with E-state index in [4.69, 9.17) is 0 Å². The molecule has 72 valence electrons. The third kappa shape index (κ3) is 9.92. The van der Waals surface area contributed by atoms with Crippen LogP contribution in [0.4, 0.5) is 0 Å². The van der Waals surface area contributed by atoms with Crippen LogP contribution in [0.15, 0.2) is 11.8 Å². The third-order valence-electron chi connectivity index (χ3n) is 1.53. The summed E-state index contributed by atoms with van der Waals surface area (Å²) in [5.74, 6) is 0. The Labute approximate surface area is 78.3 Å². The lowest BCUT2D eigenvalue weighted by molar-refractivity contribution is 0.678. The van der Waals surface area contributed by atoms with E-state index in [1.807, 2.05) is 0 Å². The molecule has 0 aromatic heterocycles. The zero-order valence-electron chi connectivity index (χ0n) is 8.98. The van der Waals surface area contributed by atoms with Gasteiger partial charge in [0.15, 0.2) is 0 Å². The molecule has 0 aliphatic rings. The van der Waals surface area contributed by atoms with Crippen LogP contribution >= 0.6 is 0 Å². The van der Waals surface area contributed by atoms with Gasteiger partial charge in [0, 0.05) is 0 Å². The van der Waals surface area contributed by atoms with Crippen LogP contribution in [0.1, 0.15) is 19.8 Å². The minimum Gasteiger partial charge on any atom is -0.316 e. The Balaban J connectivity index is 3.25. The zero-order valence-corrected chi connectivity index (χ0v) is 9.98. The molecule has 0 rings (SSSR count). The molecule has 0 aromatic rings. The molecule has 0 atom stereocenters. The summed E-state index contributed by atoms with van der Waals surface area (Å²) < 4.78 is 0. The first kappa shape index (κ1) is 11.9. The molecule has 0 unspecified atom stereocenters. The molecule has 0 radical (unpaired) electrons. The Kier molecular flexibility index (Phi) is 6.39. The van der Waals surface area contributed by atoms with Gasteiger partial charge in [-0.3, -0.25) is 0 Å². The van der Waals surface area contributed by atoms with Crippen molar-refractivity contribution in [3.8, 4) is 0 Å². The van der Waals surface area contributed by atoms with Gasteiger partial charge in [-0.15, -0.1) is 0 Å². The fourth-order valence-corrected chi connectivity index (χ4v) is 1.80. The molecule has 0 bridgehead atoms. The fraction of sp³-hybridized carbons (Fsp3) is 0.800. The Bertz CT molecular complexity index is 124. The van der Waals surface area contributed by atoms with Crippen molar-refractivity contribution in [2.45, 2.75) is 39.4 Å². The molecule has 1 nitrogen and oxygen atoms in total. The number of rotatable bonds is 6. The summed E-state index contributed by atoms with van der Waals surface area (Å²) in [7, 11) is -0.934. The maximum Gasteiger partial charge on any atom is 0.0682 e. The van der Waals surface area contributed by atoms with Crippen molar-refractivity contribution in [3.05, 3.63) is 11.8 Å². The van der Waals surface area contributed by atoms with Gasteiger partial charge in [0.05, 0.1) is 8.07 Å². The van der Waals surface area contributed by atoms with Crippen LogP contribution in [0.5, 0.6) is 0 Å². The molecule has 1 N–H and O–H groups in total. The number of hydrogen-bond donors (Lipinski definition) is 1. The highest BCUT2D eigenvalue weighted by Crippen LogP contribution is 2.01. The van der Waals surface area contributed by atoms with E-state index in [-0.39, 0.29) is 0 Å². The highest BCUT2D eigenvalue weighted by Gasteiger charge is 2.05. The van der Waals surface area contributed by atoms with Crippen molar-refractivity contribution in [1.82, 2.24) is 5.32 Å². The van der Waals surface area contributed by atoms with Gasteiger partial charge in [-0.05, 0) is 25.9 Å². The van der Waals surface area contributed by atoms with E-state index in [0.29, 0.717) is 0 Å². The van der Waals surface area contributed by atoms with Gasteiger partial charge in [0.2, 0.25) is 0 Å². The highest BCUT2D eigenvalue weighted by atomic mass is 28.3. The van der Waals surface area contributed by atoms with Crippen molar-refractivity contribution in [2.24, 2.45) is 0 Å². The molecule has 0 amide bonds. The summed E-state index contributed by atoms with van der Waals surface area (Å²) in [6, 6.07) is 0. The lowest BCUT2D eigenvalue weighted by Crippen LogP contribution is -2.17. The molecule has 12 heavy (non-hydrogen) atoms. The van der Waals surface area contributed by atoms with Gasteiger partial charge in [-0.25, -0.2) is 0 Å². The van der Waals surface area contributed by atoms with Gasteiger partial charge in [0.1, 0.15) is 0 Å². The average molecular weight is 185 g/mol. The van der Waals surface area contributed by atoms with Gasteiger partial charge < -0.3 is 5.32 Å². The molecular weight excluding hydrogens is 162 g/mol. The van der Waals surface area contributed by atoms with Crippen molar-refractivity contribution in [3.63, 3.8) is 0 Å². The normalized spacial score (nSPS) is 12.7. The summed E-state index contributed by atoms with van der Waals surface area (Å²) in [6.07, 6.45) is 4.75. The fourth-order valence-electron chi connectivity index (χ4n) is 0.924. The molecule has 0 aromatic carbocycles. The Morgan fingerprint density at radius 1 is 1.17 bits per heavy atom. The summed E-state index contributed by atoms with van der Waals surface area (Å²) in [6.45, 7) is 11.6. The van der Waals surface area contributed by atoms with Gasteiger partial charge in [-0.1, -0.05) is 38.3 Å². The molecule has 0 saturated carbocycles. The first-order valence-electron chi connectivity index (χ1n) is 4.94. The monoisotopic (exact) mass is 185 g/mol. The summed E-state index contributed by atoms with van der Waals surface area (Å²) in [5.41, 5.74) is 2.42. The first-order valence-corrected chi connectivity index (χ1v) is 8.52. The molecule has 2 heteroatoms. The molecule has 0 spiro atoms. The van der Waals surface area contributed by atoms with Crippen molar-refractivity contribution in [1.29, 1.82) is 0 Å². The van der Waals surface area contributed by atoms with Crippen LogP contribution in [0.3, 0.4) is 0 Å². The van der Waals surface area contributed by atoms with Crippen LogP contribution < -0.4 is 5.32 Å². The van der Waals surface area contributed by atoms with Crippen LogP contribution in [0.25, 0.3) is 0 Å². The van der Waals surface area contributed by atoms with E-state index in [2.05, 4.69) is 43.7 Å². The average Bonchev–Trinajstić information content (AvgIpc) is 1.94. The quantitative estimate of drug-likeness (QED) is 0.496. The van der Waals surface area contributed by atoms with Gasteiger partial charge in [-0.2, -0.15) is 0 Å². The Morgan fingerprint density at radius 2 is 1.83 bits per heavy atom. The summed E-state index contributed by atoms with van der Waals surface area (Å²) >= 11 is 0. The molecule has 0 aliphatic heterocycles. The van der Waals surface area contributed by atoms with Crippen LogP contribution in [-0.2, 0) is 0 Å². The zero-order chi connectivity index (χ0) is 9.45. The number of nitrogens with one attached hydrogen (secondary N) is 1. The van der Waals surface area contributed by atoms with Crippen LogP contribution in [-0.4, -0.2) is 21.2 Å². The molecule has 0 saturated heterocycles. The highest BCUT2D eigenvalue weighted by molar-refractivity contribution is 6.80. The van der Waals surface area contributed by atoms with E-state index in [0.717, 1.165) is 13.1 Å². The third-order valence-corrected chi connectivity index (χ3v) is 2.77. The lowest BCUT2D eigenvalue weighted by Gasteiger charge is -2.07. The minimum atomic E-state index is -0.934. The second-order valence-corrected chi connectivity index (χ2v) is 9.37. The van der Waals surface area contributed by atoms with E-state index < -0.39 is 8.07 Å². The SMILES string of the molecule is CCCNCCC=C[Si](C)(C)C. The number of hydrogen-bond acceptors (Lipinski definition) is 1. The van der Waals surface area contributed by atoms with Crippen molar-refractivity contribution in [2.75, 3.05) is 13.1 Å². The van der Waals surface area contributed by atoms with Crippen molar-refractivity contribution < 1.29 is 0 Å². The smallest absolute Gasteiger partial charge is 0.0682 e. The van der Waals surface area contributed by atoms with E-state index in [1.165, 1.54) is 12.8 Å². The second-order valence-electron chi connectivity index (χ2n) is 4.31. The Hall–Kier alpha value is -0.0831. The molecule has 0 aliphatic carbocycles. The van der Waals surface area contributed by atoms with Gasteiger partial charge >= 0.3 is 0 Å². The summed E-state index contributed by atoms with van der Waals surface area (Å²) in [4.78, 5) is 0. The van der Waals surface area contributed by atoms with E-state index >= 15 is 0 Å². The van der Waals surface area contributed by atoms with E-state index in [1.54, 1.807) is 0 Å². The predicted octanol–water partition coefficient (Wildman–Crippen LogP) is 2.81. The maximum absolute atomic E-state index is 3.39. The van der Waals surface area contributed by atoms with Crippen molar-refractivity contribution >= 4 is 8.07 Å². The van der Waals surface area contributed by atoms with Gasteiger partial charge in [0.25, 0.3) is 0 Å². The van der Waals surface area contributed by atoms with Crippen LogP contribution in [0, 0.1) is 0 Å². The molecule has 0 heterocycles. The second kappa shape index (κ2) is 6.43. The predicted molar refractivity (Wildman–Crippen MR) is 60.3 cm³/mol. The maximum atomic E-state index is 3.39. The summed E-state index contributed by atoms with van der Waals surface area (Å²) in [5, 5.41) is 3.39. The standard InChI is InChI=1S/C10H23NSi/c1-5-8-11-9-6-7-10-12(2,3)4/h7,10-11H,5-6,8-9H2,1-4H3. The Morgan fingerprint density at radius 3 is 2.33 bits per heavy atom. The minimum absolute atomic E-state index is 0.934. The molecular formula is C10H23NSi.